The topological polar surface area (TPSA) is 95.2 Å². The first-order valence-corrected chi connectivity index (χ1v) is 5.36. The van der Waals surface area contributed by atoms with Gasteiger partial charge < -0.3 is 15.2 Å². The van der Waals surface area contributed by atoms with E-state index < -0.39 is 12.0 Å². The monoisotopic (exact) mass is 249 g/mol. The Morgan fingerprint density at radius 1 is 1.67 bits per heavy atom. The van der Waals surface area contributed by atoms with Crippen LogP contribution in [0.4, 0.5) is 5.82 Å². The molecule has 0 aliphatic heterocycles. The highest BCUT2D eigenvalue weighted by atomic mass is 16.5. The van der Waals surface area contributed by atoms with Crippen molar-refractivity contribution in [2.24, 2.45) is 0 Å². The number of aryl methyl sites for hydroxylation is 2. The number of nitrogens with zero attached hydrogens (tertiary/aromatic N) is 2. The normalized spacial score (nSPS) is 11.7. The van der Waals surface area contributed by atoms with Gasteiger partial charge in [-0.1, -0.05) is 0 Å². The Hall–Kier alpha value is -2.13. The summed E-state index contributed by atoms with van der Waals surface area (Å²) < 4.78 is 4.82. The minimum absolute atomic E-state index is 0.00509. The molecule has 6 heteroatoms. The third-order valence-corrected chi connectivity index (χ3v) is 2.40. The van der Waals surface area contributed by atoms with E-state index in [1.54, 1.807) is 19.9 Å². The highest BCUT2D eigenvalue weighted by Crippen LogP contribution is 2.18. The lowest BCUT2D eigenvalue weighted by molar-refractivity contribution is -0.139. The van der Waals surface area contributed by atoms with Gasteiger partial charge in [-0.3, -0.25) is 0 Å². The summed E-state index contributed by atoms with van der Waals surface area (Å²) in [6.07, 6.45) is 0. The molecule has 0 saturated heterocycles. The Labute approximate surface area is 105 Å². The fourth-order valence-electron chi connectivity index (χ4n) is 1.59. The lowest BCUT2D eigenvalue weighted by Crippen LogP contribution is -2.34. The van der Waals surface area contributed by atoms with Crippen molar-refractivity contribution in [3.63, 3.8) is 0 Å². The predicted octanol–water partition coefficient (Wildman–Crippen LogP) is 1.08. The SMILES string of the molecule is COCC(Nc1nc(C)cc(C)c1C#N)C(=O)O. The largest absolute Gasteiger partial charge is 0.480 e. The van der Waals surface area contributed by atoms with E-state index in [9.17, 15) is 4.79 Å². The number of rotatable bonds is 5. The summed E-state index contributed by atoms with van der Waals surface area (Å²) in [4.78, 5) is 15.2. The van der Waals surface area contributed by atoms with Crippen molar-refractivity contribution in [1.82, 2.24) is 4.98 Å². The van der Waals surface area contributed by atoms with E-state index in [1.807, 2.05) is 6.07 Å². The van der Waals surface area contributed by atoms with Crippen molar-refractivity contribution in [3.05, 3.63) is 22.9 Å². The van der Waals surface area contributed by atoms with Crippen LogP contribution in [-0.4, -0.2) is 35.8 Å². The molecule has 0 aliphatic carbocycles. The Morgan fingerprint density at radius 2 is 2.33 bits per heavy atom. The summed E-state index contributed by atoms with van der Waals surface area (Å²) in [7, 11) is 1.41. The molecule has 1 heterocycles. The van der Waals surface area contributed by atoms with E-state index in [2.05, 4.69) is 10.3 Å². The molecule has 0 amide bonds. The number of aromatic nitrogens is 1. The van der Waals surface area contributed by atoms with Gasteiger partial charge in [-0.2, -0.15) is 5.26 Å². The molecule has 1 aromatic rings. The number of carbonyl (C=O) groups is 1. The fourth-order valence-corrected chi connectivity index (χ4v) is 1.59. The summed E-state index contributed by atoms with van der Waals surface area (Å²) >= 11 is 0. The number of hydrogen-bond acceptors (Lipinski definition) is 5. The van der Waals surface area contributed by atoms with Gasteiger partial charge in [0.1, 0.15) is 17.9 Å². The predicted molar refractivity (Wildman–Crippen MR) is 65.3 cm³/mol. The quantitative estimate of drug-likeness (QED) is 0.810. The number of ether oxygens (including phenoxy) is 1. The average molecular weight is 249 g/mol. The summed E-state index contributed by atoms with van der Waals surface area (Å²) in [6, 6.07) is 2.86. The maximum atomic E-state index is 11.0. The van der Waals surface area contributed by atoms with Gasteiger partial charge in [0.15, 0.2) is 0 Å². The van der Waals surface area contributed by atoms with Crippen LogP contribution in [0, 0.1) is 25.2 Å². The minimum atomic E-state index is -1.05. The second kappa shape index (κ2) is 5.98. The van der Waals surface area contributed by atoms with Gasteiger partial charge >= 0.3 is 5.97 Å². The van der Waals surface area contributed by atoms with Crippen LogP contribution < -0.4 is 5.32 Å². The highest BCUT2D eigenvalue weighted by molar-refractivity contribution is 5.78. The molecule has 0 fully saturated rings. The summed E-state index contributed by atoms with van der Waals surface area (Å²) in [6.45, 7) is 3.56. The van der Waals surface area contributed by atoms with Gasteiger partial charge in [0, 0.05) is 12.8 Å². The molecule has 96 valence electrons. The first-order valence-electron chi connectivity index (χ1n) is 5.36. The van der Waals surface area contributed by atoms with Crippen molar-refractivity contribution < 1.29 is 14.6 Å². The van der Waals surface area contributed by atoms with Crippen LogP contribution in [0.15, 0.2) is 6.07 Å². The second-order valence-electron chi connectivity index (χ2n) is 3.91. The molecule has 0 aromatic carbocycles. The van der Waals surface area contributed by atoms with Crippen LogP contribution in [0.1, 0.15) is 16.8 Å². The molecular formula is C12H15N3O3. The fraction of sp³-hybridized carbons (Fsp3) is 0.417. The van der Waals surface area contributed by atoms with Gasteiger partial charge in [0.05, 0.1) is 12.2 Å². The van der Waals surface area contributed by atoms with Crippen molar-refractivity contribution >= 4 is 11.8 Å². The van der Waals surface area contributed by atoms with Gasteiger partial charge in [-0.15, -0.1) is 0 Å². The number of aliphatic carboxylic acids is 1. The molecule has 1 rings (SSSR count). The minimum Gasteiger partial charge on any atom is -0.480 e. The zero-order chi connectivity index (χ0) is 13.7. The number of nitriles is 1. The lowest BCUT2D eigenvalue weighted by atomic mass is 10.1. The van der Waals surface area contributed by atoms with Crippen LogP contribution in [-0.2, 0) is 9.53 Å². The number of carboxylic acids is 1. The number of anilines is 1. The molecule has 1 unspecified atom stereocenters. The van der Waals surface area contributed by atoms with Gasteiger partial charge in [0.2, 0.25) is 0 Å². The van der Waals surface area contributed by atoms with Crippen LogP contribution in [0.25, 0.3) is 0 Å². The average Bonchev–Trinajstić information content (AvgIpc) is 2.27. The summed E-state index contributed by atoms with van der Waals surface area (Å²) in [5.41, 5.74) is 1.83. The first-order chi connectivity index (χ1) is 8.49. The molecule has 0 radical (unpaired) electrons. The summed E-state index contributed by atoms with van der Waals surface area (Å²) in [5, 5.41) is 20.8. The molecule has 0 aliphatic rings. The van der Waals surface area contributed by atoms with Crippen LogP contribution in [0.2, 0.25) is 0 Å². The molecule has 2 N–H and O–H groups in total. The summed E-state index contributed by atoms with van der Waals surface area (Å²) in [5.74, 6) is -0.777. The number of methoxy groups -OCH3 is 1. The third kappa shape index (κ3) is 3.18. The van der Waals surface area contributed by atoms with E-state index in [0.29, 0.717) is 5.56 Å². The molecule has 6 nitrogen and oxygen atoms in total. The van der Waals surface area contributed by atoms with E-state index in [0.717, 1.165) is 11.3 Å². The smallest absolute Gasteiger partial charge is 0.328 e. The lowest BCUT2D eigenvalue weighted by Gasteiger charge is -2.16. The standard InChI is InChI=1S/C12H15N3O3/c1-7-4-8(2)14-11(9(7)5-13)15-10(6-18-3)12(16)17/h4,10H,6H2,1-3H3,(H,14,15)(H,16,17). The molecule has 1 atom stereocenters. The molecule has 0 saturated carbocycles. The van der Waals surface area contributed by atoms with Gasteiger partial charge in [-0.05, 0) is 25.5 Å². The zero-order valence-corrected chi connectivity index (χ0v) is 10.5. The first kappa shape index (κ1) is 13.9. The molecule has 1 aromatic heterocycles. The number of pyridine rings is 1. The van der Waals surface area contributed by atoms with Crippen molar-refractivity contribution in [2.75, 3.05) is 19.0 Å². The van der Waals surface area contributed by atoms with Crippen molar-refractivity contribution in [2.45, 2.75) is 19.9 Å². The van der Waals surface area contributed by atoms with Crippen LogP contribution in [0.3, 0.4) is 0 Å². The second-order valence-corrected chi connectivity index (χ2v) is 3.91. The van der Waals surface area contributed by atoms with E-state index in [4.69, 9.17) is 15.1 Å². The zero-order valence-electron chi connectivity index (χ0n) is 10.5. The maximum absolute atomic E-state index is 11.0. The molecule has 0 spiro atoms. The Morgan fingerprint density at radius 3 is 2.83 bits per heavy atom. The maximum Gasteiger partial charge on any atom is 0.328 e. The highest BCUT2D eigenvalue weighted by Gasteiger charge is 2.20. The molecular weight excluding hydrogens is 234 g/mol. The number of nitrogens with one attached hydrogen (secondary N) is 1. The van der Waals surface area contributed by atoms with Crippen LogP contribution >= 0.6 is 0 Å². The Bertz CT molecular complexity index is 494. The Kier molecular flexibility index (Phi) is 4.63. The van der Waals surface area contributed by atoms with Crippen molar-refractivity contribution in [1.29, 1.82) is 5.26 Å². The van der Waals surface area contributed by atoms with Gasteiger partial charge in [0.25, 0.3) is 0 Å². The number of carboxylic acid groups (broad SMARTS) is 1. The van der Waals surface area contributed by atoms with Crippen LogP contribution in [0.5, 0.6) is 0 Å². The van der Waals surface area contributed by atoms with Gasteiger partial charge in [-0.25, -0.2) is 9.78 Å². The van der Waals surface area contributed by atoms with E-state index >= 15 is 0 Å². The third-order valence-electron chi connectivity index (χ3n) is 2.40. The van der Waals surface area contributed by atoms with E-state index in [-0.39, 0.29) is 12.4 Å². The molecule has 18 heavy (non-hydrogen) atoms. The molecule has 0 bridgehead atoms. The number of hydrogen-bond donors (Lipinski definition) is 2. The Balaban J connectivity index is 3.09. The van der Waals surface area contributed by atoms with E-state index in [1.165, 1.54) is 7.11 Å². The van der Waals surface area contributed by atoms with Crippen molar-refractivity contribution in [3.8, 4) is 6.07 Å².